The van der Waals surface area contributed by atoms with Crippen LogP contribution in [0.1, 0.15) is 78.2 Å². The number of rotatable bonds is 6. The average Bonchev–Trinajstić information content (AvgIpc) is 3.39. The van der Waals surface area contributed by atoms with Crippen LogP contribution in [-0.4, -0.2) is 36.5 Å². The van der Waals surface area contributed by atoms with Gasteiger partial charge in [-0.05, 0) is 55.7 Å². The summed E-state index contributed by atoms with van der Waals surface area (Å²) in [6, 6.07) is 1.18. The molecule has 11 heteroatoms. The van der Waals surface area contributed by atoms with Crippen molar-refractivity contribution in [1.82, 2.24) is 30.0 Å². The molecule has 2 aliphatic carbocycles. The van der Waals surface area contributed by atoms with Gasteiger partial charge in [0.2, 0.25) is 11.7 Å². The normalized spacial score (nSPS) is 20.9. The first-order valence-electron chi connectivity index (χ1n) is 10.9. The summed E-state index contributed by atoms with van der Waals surface area (Å²) in [6.45, 7) is 1.61. The predicted molar refractivity (Wildman–Crippen MR) is 109 cm³/mol. The Balaban J connectivity index is 1.45. The lowest BCUT2D eigenvalue weighted by Crippen LogP contribution is -2.37. The zero-order valence-corrected chi connectivity index (χ0v) is 17.7. The summed E-state index contributed by atoms with van der Waals surface area (Å²) in [5.74, 6) is -2.43. The fourth-order valence-corrected chi connectivity index (χ4v) is 4.41. The molecule has 3 aromatic heterocycles. The van der Waals surface area contributed by atoms with Gasteiger partial charge >= 0.3 is 0 Å². The maximum absolute atomic E-state index is 13.8. The first-order valence-corrected chi connectivity index (χ1v) is 10.9. The number of fused-ring (bicyclic) bond motifs is 1. The molecule has 2 atom stereocenters. The van der Waals surface area contributed by atoms with Gasteiger partial charge in [0.1, 0.15) is 5.69 Å². The number of nitrogens with two attached hydrogens (primary N) is 1. The lowest BCUT2D eigenvalue weighted by atomic mass is 9.81. The molecule has 32 heavy (non-hydrogen) atoms. The van der Waals surface area contributed by atoms with Crippen LogP contribution in [0.15, 0.2) is 23.1 Å². The van der Waals surface area contributed by atoms with Crippen molar-refractivity contribution >= 4 is 11.7 Å². The molecule has 3 N–H and O–H groups in total. The molecule has 1 unspecified atom stereocenters. The average molecular weight is 445 g/mol. The van der Waals surface area contributed by atoms with Crippen molar-refractivity contribution in [3.63, 3.8) is 0 Å². The Morgan fingerprint density at radius 3 is 2.56 bits per heavy atom. The zero-order valence-electron chi connectivity index (χ0n) is 17.7. The monoisotopic (exact) mass is 445 g/mol. The largest absolute Gasteiger partial charge is 0.342 e. The smallest absolute Gasteiger partial charge is 0.276 e. The molecule has 0 radical (unpaired) electrons. The number of imidazole rings is 1. The van der Waals surface area contributed by atoms with Gasteiger partial charge in [-0.25, -0.2) is 23.4 Å². The second-order valence-electron chi connectivity index (χ2n) is 8.93. The minimum Gasteiger partial charge on any atom is -0.342 e. The van der Waals surface area contributed by atoms with Crippen LogP contribution >= 0.6 is 0 Å². The molecule has 170 valence electrons. The first kappa shape index (κ1) is 20.9. The summed E-state index contributed by atoms with van der Waals surface area (Å²) in [4.78, 5) is 22.1. The highest BCUT2D eigenvalue weighted by Gasteiger charge is 2.40. The van der Waals surface area contributed by atoms with Crippen molar-refractivity contribution in [2.75, 3.05) is 0 Å². The van der Waals surface area contributed by atoms with Crippen LogP contribution in [0.25, 0.3) is 5.78 Å². The van der Waals surface area contributed by atoms with Gasteiger partial charge in [0.25, 0.3) is 5.91 Å². The Morgan fingerprint density at radius 1 is 1.19 bits per heavy atom. The fourth-order valence-electron chi connectivity index (χ4n) is 4.41. The quantitative estimate of drug-likeness (QED) is 0.597. The maximum atomic E-state index is 13.8. The van der Waals surface area contributed by atoms with Crippen molar-refractivity contribution in [1.29, 1.82) is 0 Å². The van der Waals surface area contributed by atoms with E-state index in [2.05, 4.69) is 30.2 Å². The van der Waals surface area contributed by atoms with Crippen LogP contribution in [0.2, 0.25) is 0 Å². The van der Waals surface area contributed by atoms with Gasteiger partial charge in [0.15, 0.2) is 5.69 Å². The topological polar surface area (TPSA) is 124 Å². The Bertz CT molecular complexity index is 1130. The van der Waals surface area contributed by atoms with Gasteiger partial charge in [-0.3, -0.25) is 9.20 Å². The number of amides is 1. The van der Waals surface area contributed by atoms with Gasteiger partial charge in [-0.15, -0.1) is 0 Å². The molecule has 1 amide bonds. The molecule has 5 rings (SSSR count). The Labute approximate surface area is 182 Å². The minimum absolute atomic E-state index is 0.0655. The molecule has 3 aromatic rings. The van der Waals surface area contributed by atoms with Crippen LogP contribution in [0.3, 0.4) is 0 Å². The van der Waals surface area contributed by atoms with E-state index >= 15 is 0 Å². The number of carbonyl (C=O) groups excluding carboxylic acids is 1. The summed E-state index contributed by atoms with van der Waals surface area (Å²) in [5, 5.41) is 10.2. The van der Waals surface area contributed by atoms with Crippen LogP contribution in [0.4, 0.5) is 8.78 Å². The van der Waals surface area contributed by atoms with Gasteiger partial charge < -0.3 is 11.1 Å². The standard InChI is InChI=1S/C21H25F2N7O2/c1-11-17(29-32-28-11)19(31)27-18(13-4-7-21(22,23)8-5-13)15-10-30-9-6-14(25-20(30)26-15)16(24)12-2-3-12/h6,9-10,12-13,16,18H,2-5,7-8,24H2,1H3,(H,27,31)/t16?,18-/m0/s1. The molecular formula is C21H25F2N7O2. The first-order chi connectivity index (χ1) is 15.3. The number of hydrogen-bond donors (Lipinski definition) is 2. The maximum Gasteiger partial charge on any atom is 0.276 e. The third kappa shape index (κ3) is 4.08. The molecule has 0 aliphatic heterocycles. The van der Waals surface area contributed by atoms with Gasteiger partial charge in [0.05, 0.1) is 23.5 Å². The molecule has 3 heterocycles. The molecule has 2 fully saturated rings. The van der Waals surface area contributed by atoms with Gasteiger partial charge in [-0.2, -0.15) is 0 Å². The number of halogens is 2. The van der Waals surface area contributed by atoms with Gasteiger partial charge in [0, 0.05) is 25.2 Å². The van der Waals surface area contributed by atoms with Crippen molar-refractivity contribution in [3.8, 4) is 0 Å². The third-order valence-corrected chi connectivity index (χ3v) is 6.54. The third-order valence-electron chi connectivity index (χ3n) is 6.54. The van der Waals surface area contributed by atoms with E-state index in [1.165, 1.54) is 0 Å². The second kappa shape index (κ2) is 7.88. The molecule has 9 nitrogen and oxygen atoms in total. The van der Waals surface area contributed by atoms with Gasteiger partial charge in [-0.1, -0.05) is 5.16 Å². The van der Waals surface area contributed by atoms with Crippen LogP contribution < -0.4 is 11.1 Å². The second-order valence-corrected chi connectivity index (χ2v) is 8.93. The zero-order chi connectivity index (χ0) is 22.5. The molecule has 0 spiro atoms. The summed E-state index contributed by atoms with van der Waals surface area (Å²) < 4.78 is 34.0. The van der Waals surface area contributed by atoms with Crippen LogP contribution in [-0.2, 0) is 0 Å². The lowest BCUT2D eigenvalue weighted by molar-refractivity contribution is -0.0495. The van der Waals surface area contributed by atoms with Crippen LogP contribution in [0.5, 0.6) is 0 Å². The highest BCUT2D eigenvalue weighted by Crippen LogP contribution is 2.42. The Morgan fingerprint density at radius 2 is 1.91 bits per heavy atom. The number of carbonyl (C=O) groups is 1. The van der Waals surface area contributed by atoms with Crippen LogP contribution in [0, 0.1) is 18.8 Å². The molecule has 0 saturated heterocycles. The highest BCUT2D eigenvalue weighted by molar-refractivity contribution is 5.93. The molecular weight excluding hydrogens is 420 g/mol. The number of nitrogens with zero attached hydrogens (tertiary/aromatic N) is 5. The number of aryl methyl sites for hydroxylation is 1. The van der Waals surface area contributed by atoms with E-state index in [4.69, 9.17) is 5.73 Å². The van der Waals surface area contributed by atoms with Crippen molar-refractivity contribution < 1.29 is 18.2 Å². The molecule has 0 aromatic carbocycles. The molecule has 0 bridgehead atoms. The number of alkyl halides is 2. The fraction of sp³-hybridized carbons (Fsp3) is 0.571. The number of aromatic nitrogens is 5. The summed E-state index contributed by atoms with van der Waals surface area (Å²) >= 11 is 0. The molecule has 2 saturated carbocycles. The number of nitrogens with one attached hydrogen (secondary N) is 1. The SMILES string of the molecule is Cc1nonc1C(=O)N[C@H](c1cn2ccc(C(N)C3CC3)nc2n1)C1CCC(F)(F)CC1. The van der Waals surface area contributed by atoms with E-state index in [1.54, 1.807) is 17.5 Å². The Kier molecular flexibility index (Phi) is 5.15. The minimum atomic E-state index is -2.67. The van der Waals surface area contributed by atoms with E-state index in [1.807, 2.05) is 12.3 Å². The summed E-state index contributed by atoms with van der Waals surface area (Å²) in [5.41, 5.74) is 8.04. The van der Waals surface area contributed by atoms with E-state index in [9.17, 15) is 13.6 Å². The van der Waals surface area contributed by atoms with Crippen molar-refractivity contribution in [3.05, 3.63) is 41.2 Å². The summed E-state index contributed by atoms with van der Waals surface area (Å²) in [7, 11) is 0. The van der Waals surface area contributed by atoms with E-state index in [0.29, 0.717) is 23.1 Å². The Hall–Kier alpha value is -2.95. The number of hydrogen-bond acceptors (Lipinski definition) is 7. The lowest BCUT2D eigenvalue weighted by Gasteiger charge is -2.33. The van der Waals surface area contributed by atoms with E-state index in [-0.39, 0.29) is 43.3 Å². The van der Waals surface area contributed by atoms with Crippen molar-refractivity contribution in [2.24, 2.45) is 17.6 Å². The summed E-state index contributed by atoms with van der Waals surface area (Å²) in [6.07, 6.45) is 5.92. The van der Waals surface area contributed by atoms with Crippen molar-refractivity contribution in [2.45, 2.75) is 63.5 Å². The van der Waals surface area contributed by atoms with E-state index < -0.39 is 17.9 Å². The predicted octanol–water partition coefficient (Wildman–Crippen LogP) is 3.13. The molecule has 2 aliphatic rings. The highest BCUT2D eigenvalue weighted by atomic mass is 19.3. The van der Waals surface area contributed by atoms with E-state index in [0.717, 1.165) is 18.5 Å².